The average Bonchev–Trinajstić information content (AvgIpc) is 3.36. The van der Waals surface area contributed by atoms with Gasteiger partial charge in [0.1, 0.15) is 0 Å². The molecule has 6 rings (SSSR count). The van der Waals surface area contributed by atoms with Crippen LogP contribution in [0.25, 0.3) is 28.1 Å². The number of aliphatic hydroxyl groups is 2. The Kier molecular flexibility index (Phi) is 8.79. The van der Waals surface area contributed by atoms with Gasteiger partial charge in [-0.05, 0) is 55.9 Å². The van der Waals surface area contributed by atoms with Crippen LogP contribution in [0.1, 0.15) is 49.7 Å². The van der Waals surface area contributed by atoms with Crippen molar-refractivity contribution < 1.29 is 30.3 Å². The smallest absolute Gasteiger partial charge is 0.0774 e. The Hall–Kier alpha value is -2.30. The summed E-state index contributed by atoms with van der Waals surface area (Å²) in [5.74, 6) is 1.74. The molecule has 4 unspecified atom stereocenters. The van der Waals surface area contributed by atoms with Crippen molar-refractivity contribution in [3.8, 4) is 17.1 Å². The van der Waals surface area contributed by atoms with Gasteiger partial charge in [-0.25, -0.2) is 0 Å². The SMILES string of the molecule is Cc1[c-]c(-c2nc3ccccc3n2-c2ccccc2)cc(C)c1.OC1CCCCC2CCC(O)C12.[Ir]. The van der Waals surface area contributed by atoms with E-state index in [1.54, 1.807) is 0 Å². The van der Waals surface area contributed by atoms with E-state index in [-0.39, 0.29) is 38.2 Å². The van der Waals surface area contributed by atoms with Gasteiger partial charge in [-0.1, -0.05) is 57.0 Å². The molecule has 0 spiro atoms. The van der Waals surface area contributed by atoms with Crippen molar-refractivity contribution in [3.63, 3.8) is 0 Å². The molecule has 36 heavy (non-hydrogen) atoms. The number of aromatic nitrogens is 2. The second-order valence-electron chi connectivity index (χ2n) is 10.2. The van der Waals surface area contributed by atoms with Gasteiger partial charge in [-0.3, -0.25) is 4.98 Å². The molecule has 2 fully saturated rings. The van der Waals surface area contributed by atoms with Crippen LogP contribution in [0.3, 0.4) is 0 Å². The minimum absolute atomic E-state index is 0. The first kappa shape index (κ1) is 26.8. The number of aliphatic hydroxyl groups excluding tert-OH is 2. The number of hydrogen-bond donors (Lipinski definition) is 2. The fourth-order valence-corrected chi connectivity index (χ4v) is 6.00. The molecule has 2 aliphatic rings. The van der Waals surface area contributed by atoms with Crippen LogP contribution in [0, 0.1) is 31.7 Å². The van der Waals surface area contributed by atoms with Gasteiger partial charge in [0, 0.05) is 31.7 Å². The average molecular weight is 660 g/mol. The van der Waals surface area contributed by atoms with Crippen LogP contribution >= 0.6 is 0 Å². The quantitative estimate of drug-likeness (QED) is 0.245. The van der Waals surface area contributed by atoms with Crippen molar-refractivity contribution in [3.05, 3.63) is 83.9 Å². The molecule has 0 amide bonds. The molecule has 0 aliphatic heterocycles. The number of aryl methyl sites for hydroxylation is 2. The first-order valence-corrected chi connectivity index (χ1v) is 12.9. The number of imidazole rings is 1. The van der Waals surface area contributed by atoms with E-state index in [9.17, 15) is 10.2 Å². The van der Waals surface area contributed by atoms with Crippen molar-refractivity contribution >= 4 is 11.0 Å². The summed E-state index contributed by atoms with van der Waals surface area (Å²) in [6, 6.07) is 26.4. The number of hydrogen-bond acceptors (Lipinski definition) is 3. The van der Waals surface area contributed by atoms with Gasteiger partial charge in [-0.15, -0.1) is 34.9 Å². The van der Waals surface area contributed by atoms with Gasteiger partial charge in [0.25, 0.3) is 0 Å². The van der Waals surface area contributed by atoms with E-state index < -0.39 is 0 Å². The number of benzene rings is 3. The normalized spacial score (nSPS) is 23.2. The van der Waals surface area contributed by atoms with Gasteiger partial charge in [0.05, 0.1) is 29.1 Å². The molecule has 0 bridgehead atoms. The summed E-state index contributed by atoms with van der Waals surface area (Å²) in [7, 11) is 0. The Labute approximate surface area is 227 Å². The zero-order valence-corrected chi connectivity index (χ0v) is 23.4. The van der Waals surface area contributed by atoms with E-state index in [1.807, 2.05) is 12.1 Å². The van der Waals surface area contributed by atoms with Crippen molar-refractivity contribution in [1.29, 1.82) is 0 Å². The van der Waals surface area contributed by atoms with Crippen LogP contribution in [-0.4, -0.2) is 32.0 Å². The molecule has 2 aliphatic carbocycles. The van der Waals surface area contributed by atoms with E-state index in [0.717, 1.165) is 59.4 Å². The van der Waals surface area contributed by atoms with E-state index in [1.165, 1.54) is 18.4 Å². The van der Waals surface area contributed by atoms with Crippen LogP contribution in [-0.2, 0) is 20.1 Å². The fourth-order valence-electron chi connectivity index (χ4n) is 6.00. The summed E-state index contributed by atoms with van der Waals surface area (Å²) in [5.41, 5.74) is 6.61. The van der Waals surface area contributed by atoms with Crippen LogP contribution < -0.4 is 0 Å². The van der Waals surface area contributed by atoms with Crippen molar-refractivity contribution in [2.75, 3.05) is 0 Å². The standard InChI is InChI=1S/C21H17N2.C10H18O2.Ir/c1-15-12-16(2)14-17(13-15)21-22-19-10-6-7-11-20(19)23(21)18-8-4-3-5-9-18;11-8-4-2-1-3-7-5-6-9(12)10(7)8;/h3-13H,1-2H3;7-12H,1-6H2;/q-1;;. The molecule has 1 aromatic heterocycles. The molecule has 5 heteroatoms. The van der Waals surface area contributed by atoms with Gasteiger partial charge in [0.2, 0.25) is 0 Å². The van der Waals surface area contributed by atoms with E-state index >= 15 is 0 Å². The van der Waals surface area contributed by atoms with Crippen LogP contribution in [0.15, 0.2) is 66.7 Å². The molecule has 0 saturated heterocycles. The van der Waals surface area contributed by atoms with Gasteiger partial charge < -0.3 is 14.8 Å². The maximum Gasteiger partial charge on any atom is 0.0774 e. The van der Waals surface area contributed by atoms with Gasteiger partial charge in [-0.2, -0.15) is 0 Å². The molecule has 4 atom stereocenters. The first-order chi connectivity index (χ1) is 17.0. The second-order valence-corrected chi connectivity index (χ2v) is 10.2. The molecule has 1 radical (unpaired) electrons. The third-order valence-electron chi connectivity index (χ3n) is 7.56. The number of para-hydroxylation sites is 3. The summed E-state index contributed by atoms with van der Waals surface area (Å²) in [6.45, 7) is 4.19. The molecule has 191 valence electrons. The van der Waals surface area contributed by atoms with E-state index in [0.29, 0.717) is 5.92 Å². The number of fused-ring (bicyclic) bond motifs is 2. The van der Waals surface area contributed by atoms with Crippen LogP contribution in [0.5, 0.6) is 0 Å². The van der Waals surface area contributed by atoms with E-state index in [2.05, 4.69) is 79.1 Å². The summed E-state index contributed by atoms with van der Waals surface area (Å²) >= 11 is 0. The Morgan fingerprint density at radius 3 is 2.31 bits per heavy atom. The van der Waals surface area contributed by atoms with Crippen molar-refractivity contribution in [2.24, 2.45) is 11.8 Å². The Morgan fingerprint density at radius 2 is 1.53 bits per heavy atom. The summed E-state index contributed by atoms with van der Waals surface area (Å²) in [6.07, 6.45) is 6.09. The summed E-state index contributed by atoms with van der Waals surface area (Å²) in [4.78, 5) is 4.87. The Morgan fingerprint density at radius 1 is 0.833 bits per heavy atom. The molecular weight excluding hydrogens is 625 g/mol. The predicted molar refractivity (Wildman–Crippen MR) is 142 cm³/mol. The molecule has 3 aromatic carbocycles. The topological polar surface area (TPSA) is 58.3 Å². The van der Waals surface area contributed by atoms with E-state index in [4.69, 9.17) is 4.98 Å². The maximum absolute atomic E-state index is 9.77. The van der Waals surface area contributed by atoms with Crippen molar-refractivity contribution in [1.82, 2.24) is 9.55 Å². The fraction of sp³-hybridized carbons (Fsp3) is 0.387. The van der Waals surface area contributed by atoms with Gasteiger partial charge >= 0.3 is 0 Å². The number of rotatable bonds is 2. The molecule has 1 heterocycles. The molecule has 2 saturated carbocycles. The predicted octanol–water partition coefficient (Wildman–Crippen LogP) is 6.42. The summed E-state index contributed by atoms with van der Waals surface area (Å²) < 4.78 is 2.21. The maximum atomic E-state index is 9.77. The van der Waals surface area contributed by atoms with Crippen LogP contribution in [0.2, 0.25) is 0 Å². The Bertz CT molecular complexity index is 1270. The zero-order valence-electron chi connectivity index (χ0n) is 21.0. The second kappa shape index (κ2) is 11.8. The molecule has 2 N–H and O–H groups in total. The third kappa shape index (κ3) is 5.65. The Balaban J connectivity index is 0.000000198. The molecule has 4 aromatic rings. The third-order valence-corrected chi connectivity index (χ3v) is 7.56. The minimum Gasteiger partial charge on any atom is -0.393 e. The number of nitrogens with zero attached hydrogens (tertiary/aromatic N) is 2. The largest absolute Gasteiger partial charge is 0.393 e. The monoisotopic (exact) mass is 660 g/mol. The van der Waals surface area contributed by atoms with Gasteiger partial charge in [0.15, 0.2) is 0 Å². The summed E-state index contributed by atoms with van der Waals surface area (Å²) in [5, 5.41) is 19.4. The first-order valence-electron chi connectivity index (χ1n) is 12.9. The minimum atomic E-state index is -0.227. The molecular formula is C31H35IrN2O2-. The zero-order chi connectivity index (χ0) is 24.4. The van der Waals surface area contributed by atoms with Crippen LogP contribution in [0.4, 0.5) is 0 Å². The molecule has 4 nitrogen and oxygen atoms in total. The van der Waals surface area contributed by atoms with Crippen molar-refractivity contribution in [2.45, 2.75) is 64.6 Å².